The maximum absolute atomic E-state index is 5.32. The maximum atomic E-state index is 5.32. The van der Waals surface area contributed by atoms with Crippen LogP contribution >= 0.6 is 12.2 Å². The Balaban J connectivity index is 2.34. The average molecular weight is 184 g/mol. The van der Waals surface area contributed by atoms with Crippen LogP contribution in [0, 0.1) is 4.84 Å². The van der Waals surface area contributed by atoms with Crippen LogP contribution in [-0.4, -0.2) is 10.2 Å². The SMILES string of the molecule is CC1(c2n[nH]c(=S)o2)CCCC1. The first-order chi connectivity index (χ1) is 5.71. The van der Waals surface area contributed by atoms with Crippen LogP contribution in [0.4, 0.5) is 0 Å². The lowest BCUT2D eigenvalue weighted by atomic mass is 9.89. The third kappa shape index (κ3) is 1.20. The minimum Gasteiger partial charge on any atom is -0.414 e. The fourth-order valence-corrected chi connectivity index (χ4v) is 1.98. The lowest BCUT2D eigenvalue weighted by Crippen LogP contribution is -2.17. The number of hydrogen-bond acceptors (Lipinski definition) is 3. The third-order valence-corrected chi connectivity index (χ3v) is 2.84. The van der Waals surface area contributed by atoms with Crippen LogP contribution in [-0.2, 0) is 5.41 Å². The van der Waals surface area contributed by atoms with Gasteiger partial charge in [0.1, 0.15) is 0 Å². The topological polar surface area (TPSA) is 41.8 Å². The lowest BCUT2D eigenvalue weighted by molar-refractivity contribution is 0.346. The highest BCUT2D eigenvalue weighted by Gasteiger charge is 2.35. The molecular formula is C8H12N2OS. The van der Waals surface area contributed by atoms with Gasteiger partial charge >= 0.3 is 0 Å². The molecule has 1 saturated carbocycles. The van der Waals surface area contributed by atoms with E-state index in [0.29, 0.717) is 4.84 Å². The molecule has 0 bridgehead atoms. The summed E-state index contributed by atoms with van der Waals surface area (Å²) in [7, 11) is 0. The standard InChI is InChI=1S/C8H12N2OS/c1-8(4-2-3-5-8)6-9-10-7(12)11-6/h2-5H2,1H3,(H,10,12). The van der Waals surface area contributed by atoms with Gasteiger partial charge in [0.2, 0.25) is 5.89 Å². The third-order valence-electron chi connectivity index (χ3n) is 2.66. The number of aromatic amines is 1. The molecule has 0 unspecified atom stereocenters. The highest BCUT2D eigenvalue weighted by atomic mass is 32.1. The second-order valence-corrected chi connectivity index (χ2v) is 4.06. The van der Waals surface area contributed by atoms with Crippen LogP contribution in [0.15, 0.2) is 4.42 Å². The van der Waals surface area contributed by atoms with Gasteiger partial charge in [-0.1, -0.05) is 19.8 Å². The quantitative estimate of drug-likeness (QED) is 0.682. The predicted octanol–water partition coefficient (Wildman–Crippen LogP) is 2.56. The molecule has 66 valence electrons. The summed E-state index contributed by atoms with van der Waals surface area (Å²) in [6.45, 7) is 2.19. The van der Waals surface area contributed by atoms with Gasteiger partial charge in [-0.15, -0.1) is 5.10 Å². The van der Waals surface area contributed by atoms with Crippen molar-refractivity contribution in [2.24, 2.45) is 0 Å². The van der Waals surface area contributed by atoms with Gasteiger partial charge in [0, 0.05) is 5.41 Å². The van der Waals surface area contributed by atoms with Crippen LogP contribution < -0.4 is 0 Å². The Morgan fingerprint density at radius 2 is 2.17 bits per heavy atom. The molecule has 2 rings (SSSR count). The first-order valence-corrected chi connectivity index (χ1v) is 4.67. The van der Waals surface area contributed by atoms with Crippen LogP contribution in [0.3, 0.4) is 0 Å². The summed E-state index contributed by atoms with van der Waals surface area (Å²) in [5.74, 6) is 0.782. The fourth-order valence-electron chi connectivity index (χ4n) is 1.86. The van der Waals surface area contributed by atoms with Crippen LogP contribution in [0.5, 0.6) is 0 Å². The van der Waals surface area contributed by atoms with E-state index in [0.717, 1.165) is 18.7 Å². The van der Waals surface area contributed by atoms with Crippen molar-refractivity contribution in [1.82, 2.24) is 10.2 Å². The zero-order valence-corrected chi connectivity index (χ0v) is 7.91. The number of aromatic nitrogens is 2. The van der Waals surface area contributed by atoms with E-state index in [9.17, 15) is 0 Å². The van der Waals surface area contributed by atoms with Crippen molar-refractivity contribution in [3.8, 4) is 0 Å². The van der Waals surface area contributed by atoms with Crippen molar-refractivity contribution in [2.75, 3.05) is 0 Å². The predicted molar refractivity (Wildman–Crippen MR) is 47.5 cm³/mol. The van der Waals surface area contributed by atoms with Crippen molar-refractivity contribution in [3.63, 3.8) is 0 Å². The van der Waals surface area contributed by atoms with E-state index in [1.165, 1.54) is 12.8 Å². The monoisotopic (exact) mass is 184 g/mol. The molecule has 12 heavy (non-hydrogen) atoms. The van der Waals surface area contributed by atoms with Gasteiger partial charge in [-0.25, -0.2) is 5.10 Å². The molecule has 0 radical (unpaired) electrons. The normalized spacial score (nSPS) is 21.4. The molecular weight excluding hydrogens is 172 g/mol. The van der Waals surface area contributed by atoms with E-state index >= 15 is 0 Å². The summed E-state index contributed by atoms with van der Waals surface area (Å²) >= 11 is 4.83. The molecule has 0 spiro atoms. The van der Waals surface area contributed by atoms with E-state index in [-0.39, 0.29) is 5.41 Å². The van der Waals surface area contributed by atoms with Crippen molar-refractivity contribution in [1.29, 1.82) is 0 Å². The number of hydrogen-bond donors (Lipinski definition) is 1. The maximum Gasteiger partial charge on any atom is 0.284 e. The Hall–Kier alpha value is -0.640. The Labute approximate surface area is 76.2 Å². The molecule has 0 aliphatic heterocycles. The van der Waals surface area contributed by atoms with E-state index < -0.39 is 0 Å². The summed E-state index contributed by atoms with van der Waals surface area (Å²) in [5, 5.41) is 6.74. The summed E-state index contributed by atoms with van der Waals surface area (Å²) in [6.07, 6.45) is 4.86. The first kappa shape index (κ1) is 7.98. The number of H-pyrrole nitrogens is 1. The zero-order valence-electron chi connectivity index (χ0n) is 7.09. The molecule has 0 saturated heterocycles. The molecule has 1 aliphatic carbocycles. The lowest BCUT2D eigenvalue weighted by Gasteiger charge is -2.17. The molecule has 1 heterocycles. The van der Waals surface area contributed by atoms with Gasteiger partial charge in [-0.05, 0) is 25.1 Å². The minimum atomic E-state index is 0.133. The summed E-state index contributed by atoms with van der Waals surface area (Å²) in [4.78, 5) is 0.387. The number of nitrogens with one attached hydrogen (secondary N) is 1. The molecule has 4 heteroatoms. The van der Waals surface area contributed by atoms with Crippen molar-refractivity contribution in [3.05, 3.63) is 10.7 Å². The first-order valence-electron chi connectivity index (χ1n) is 4.27. The Morgan fingerprint density at radius 3 is 2.67 bits per heavy atom. The van der Waals surface area contributed by atoms with E-state index in [1.807, 2.05) is 0 Å². The summed E-state index contributed by atoms with van der Waals surface area (Å²) in [6, 6.07) is 0. The Morgan fingerprint density at radius 1 is 1.50 bits per heavy atom. The van der Waals surface area contributed by atoms with Crippen molar-refractivity contribution in [2.45, 2.75) is 38.0 Å². The Bertz CT molecular complexity index is 322. The molecule has 1 N–H and O–H groups in total. The van der Waals surface area contributed by atoms with Gasteiger partial charge in [0.25, 0.3) is 4.84 Å². The van der Waals surface area contributed by atoms with E-state index in [2.05, 4.69) is 17.1 Å². The Kier molecular flexibility index (Phi) is 1.79. The zero-order chi connectivity index (χ0) is 8.60. The fraction of sp³-hybridized carbons (Fsp3) is 0.750. The molecule has 0 amide bonds. The molecule has 1 fully saturated rings. The second-order valence-electron chi connectivity index (χ2n) is 3.69. The number of nitrogens with zero attached hydrogens (tertiary/aromatic N) is 1. The van der Waals surface area contributed by atoms with Crippen LogP contribution in [0.25, 0.3) is 0 Å². The minimum absolute atomic E-state index is 0.133. The van der Waals surface area contributed by atoms with Gasteiger partial charge in [0.05, 0.1) is 0 Å². The summed E-state index contributed by atoms with van der Waals surface area (Å²) in [5.41, 5.74) is 0.133. The largest absolute Gasteiger partial charge is 0.414 e. The van der Waals surface area contributed by atoms with Crippen molar-refractivity contribution < 1.29 is 4.42 Å². The summed E-state index contributed by atoms with van der Waals surface area (Å²) < 4.78 is 5.32. The van der Waals surface area contributed by atoms with Crippen LogP contribution in [0.1, 0.15) is 38.5 Å². The average Bonchev–Trinajstić information content (AvgIpc) is 2.59. The van der Waals surface area contributed by atoms with Crippen LogP contribution in [0.2, 0.25) is 0 Å². The van der Waals surface area contributed by atoms with Crippen molar-refractivity contribution >= 4 is 12.2 Å². The molecule has 3 nitrogen and oxygen atoms in total. The van der Waals surface area contributed by atoms with Gasteiger partial charge in [-0.3, -0.25) is 0 Å². The second kappa shape index (κ2) is 2.69. The number of rotatable bonds is 1. The van der Waals surface area contributed by atoms with E-state index in [4.69, 9.17) is 16.6 Å². The molecule has 0 aromatic carbocycles. The molecule has 0 atom stereocenters. The molecule has 1 aliphatic rings. The highest BCUT2D eigenvalue weighted by Crippen LogP contribution is 2.39. The molecule has 1 aromatic rings. The van der Waals surface area contributed by atoms with Gasteiger partial charge < -0.3 is 4.42 Å². The highest BCUT2D eigenvalue weighted by molar-refractivity contribution is 7.71. The molecule has 1 aromatic heterocycles. The van der Waals surface area contributed by atoms with Gasteiger partial charge in [-0.2, -0.15) is 0 Å². The van der Waals surface area contributed by atoms with Gasteiger partial charge in [0.15, 0.2) is 0 Å². The smallest absolute Gasteiger partial charge is 0.284 e. The van der Waals surface area contributed by atoms with E-state index in [1.54, 1.807) is 0 Å².